The smallest absolute Gasteiger partial charge is 0.242 e. The van der Waals surface area contributed by atoms with Crippen LogP contribution in [-0.4, -0.2) is 17.8 Å². The molecule has 0 aliphatic heterocycles. The van der Waals surface area contributed by atoms with Gasteiger partial charge in [-0.2, -0.15) is 0 Å². The Hall–Kier alpha value is -1.48. The number of hydrogen-bond acceptors (Lipinski definition) is 4. The van der Waals surface area contributed by atoms with E-state index in [-0.39, 0.29) is 15.5 Å². The van der Waals surface area contributed by atoms with Gasteiger partial charge in [-0.05, 0) is 31.5 Å². The maximum atomic E-state index is 13.4. The average Bonchev–Trinajstić information content (AvgIpc) is 3.03. The van der Waals surface area contributed by atoms with Crippen molar-refractivity contribution in [2.24, 2.45) is 0 Å². The first-order chi connectivity index (χ1) is 10.8. The fourth-order valence-corrected chi connectivity index (χ4v) is 4.67. The number of rotatable bonds is 4. The molecule has 3 aromatic rings. The van der Waals surface area contributed by atoms with Gasteiger partial charge in [0.05, 0.1) is 16.8 Å². The molecule has 2 aromatic heterocycles. The second-order valence-corrected chi connectivity index (χ2v) is 8.10. The fourth-order valence-electron chi connectivity index (χ4n) is 2.15. The Morgan fingerprint density at radius 1 is 1.43 bits per heavy atom. The summed E-state index contributed by atoms with van der Waals surface area (Å²) in [5, 5.41) is 1.74. The zero-order valence-electron chi connectivity index (χ0n) is 12.2. The first-order valence-corrected chi connectivity index (χ1v) is 9.42. The standard InChI is InChI=1S/C14H13ClFN3O2S2/c1-8-5-13(10(15)6-11(8)16)23(20,21)18-9(2)12-7-19-3-4-22-14(19)17-12/h3-7,9,18H,1-2H3. The molecule has 1 unspecified atom stereocenters. The minimum atomic E-state index is -3.89. The maximum Gasteiger partial charge on any atom is 0.242 e. The molecule has 0 saturated heterocycles. The van der Waals surface area contributed by atoms with E-state index in [0.29, 0.717) is 5.69 Å². The van der Waals surface area contributed by atoms with Gasteiger partial charge in [-0.3, -0.25) is 4.40 Å². The lowest BCUT2D eigenvalue weighted by molar-refractivity contribution is 0.563. The zero-order chi connectivity index (χ0) is 16.8. The van der Waals surface area contributed by atoms with Crippen molar-refractivity contribution < 1.29 is 12.8 Å². The van der Waals surface area contributed by atoms with Crippen LogP contribution in [0.4, 0.5) is 4.39 Å². The summed E-state index contributed by atoms with van der Waals surface area (Å²) in [7, 11) is -3.89. The van der Waals surface area contributed by atoms with Crippen molar-refractivity contribution in [3.05, 3.63) is 52.0 Å². The molecule has 122 valence electrons. The summed E-state index contributed by atoms with van der Waals surface area (Å²) >= 11 is 7.34. The lowest BCUT2D eigenvalue weighted by atomic mass is 10.2. The van der Waals surface area contributed by atoms with Gasteiger partial charge in [0.2, 0.25) is 10.0 Å². The van der Waals surface area contributed by atoms with Gasteiger partial charge in [-0.1, -0.05) is 11.6 Å². The van der Waals surface area contributed by atoms with Gasteiger partial charge in [-0.15, -0.1) is 11.3 Å². The summed E-state index contributed by atoms with van der Waals surface area (Å²) in [6.45, 7) is 3.17. The number of thiazole rings is 1. The normalized spacial score (nSPS) is 13.6. The van der Waals surface area contributed by atoms with Crippen LogP contribution < -0.4 is 4.72 Å². The molecule has 2 heterocycles. The predicted molar refractivity (Wildman–Crippen MR) is 88.0 cm³/mol. The minimum Gasteiger partial charge on any atom is -0.297 e. The molecule has 23 heavy (non-hydrogen) atoms. The maximum absolute atomic E-state index is 13.4. The van der Waals surface area contributed by atoms with Gasteiger partial charge in [0.25, 0.3) is 0 Å². The van der Waals surface area contributed by atoms with Gasteiger partial charge in [0.15, 0.2) is 4.96 Å². The number of imidazole rings is 1. The Morgan fingerprint density at radius 2 is 2.17 bits per heavy atom. The van der Waals surface area contributed by atoms with Gasteiger partial charge in [-0.25, -0.2) is 22.5 Å². The SMILES string of the molecule is Cc1cc(S(=O)(=O)NC(C)c2cn3ccsc3n2)c(Cl)cc1F. The number of fused-ring (bicyclic) bond motifs is 1. The third kappa shape index (κ3) is 3.12. The van der Waals surface area contributed by atoms with E-state index in [1.165, 1.54) is 24.3 Å². The number of nitrogens with one attached hydrogen (secondary N) is 1. The van der Waals surface area contributed by atoms with Crippen LogP contribution in [0.3, 0.4) is 0 Å². The molecule has 1 aromatic carbocycles. The second kappa shape index (κ2) is 5.86. The number of nitrogens with zero attached hydrogens (tertiary/aromatic N) is 2. The van der Waals surface area contributed by atoms with Crippen molar-refractivity contribution in [1.29, 1.82) is 0 Å². The molecule has 0 amide bonds. The highest BCUT2D eigenvalue weighted by atomic mass is 35.5. The Bertz CT molecular complexity index is 953. The van der Waals surface area contributed by atoms with Crippen LogP contribution in [0, 0.1) is 12.7 Å². The van der Waals surface area contributed by atoms with Crippen molar-refractivity contribution in [2.75, 3.05) is 0 Å². The molecule has 1 N–H and O–H groups in total. The van der Waals surface area contributed by atoms with Crippen LogP contribution in [0.2, 0.25) is 5.02 Å². The monoisotopic (exact) mass is 373 g/mol. The Morgan fingerprint density at radius 3 is 2.87 bits per heavy atom. The van der Waals surface area contributed by atoms with Gasteiger partial charge in [0.1, 0.15) is 10.7 Å². The highest BCUT2D eigenvalue weighted by Crippen LogP contribution is 2.26. The van der Waals surface area contributed by atoms with Crippen LogP contribution in [0.5, 0.6) is 0 Å². The number of aryl methyl sites for hydroxylation is 1. The lowest BCUT2D eigenvalue weighted by Gasteiger charge is -2.14. The van der Waals surface area contributed by atoms with E-state index < -0.39 is 21.9 Å². The molecular weight excluding hydrogens is 361 g/mol. The summed E-state index contributed by atoms with van der Waals surface area (Å²) < 4.78 is 42.8. The second-order valence-electron chi connectivity index (χ2n) is 5.13. The molecule has 0 aliphatic carbocycles. The summed E-state index contributed by atoms with van der Waals surface area (Å²) in [4.78, 5) is 5.00. The highest BCUT2D eigenvalue weighted by Gasteiger charge is 2.23. The third-order valence-corrected chi connectivity index (χ3v) is 6.17. The van der Waals surface area contributed by atoms with E-state index in [9.17, 15) is 12.8 Å². The first kappa shape index (κ1) is 16.4. The van der Waals surface area contributed by atoms with Gasteiger partial charge < -0.3 is 0 Å². The van der Waals surface area contributed by atoms with Crippen LogP contribution in [0.15, 0.2) is 34.8 Å². The molecule has 0 fully saturated rings. The fraction of sp³-hybridized carbons (Fsp3) is 0.214. The summed E-state index contributed by atoms with van der Waals surface area (Å²) in [6.07, 6.45) is 3.61. The van der Waals surface area contributed by atoms with Crippen LogP contribution in [0.1, 0.15) is 24.2 Å². The van der Waals surface area contributed by atoms with Gasteiger partial charge >= 0.3 is 0 Å². The zero-order valence-corrected chi connectivity index (χ0v) is 14.6. The van der Waals surface area contributed by atoms with E-state index >= 15 is 0 Å². The van der Waals surface area contributed by atoms with Crippen molar-refractivity contribution in [3.63, 3.8) is 0 Å². The van der Waals surface area contributed by atoms with Gasteiger partial charge in [0, 0.05) is 17.8 Å². The van der Waals surface area contributed by atoms with E-state index in [1.54, 1.807) is 13.1 Å². The van der Waals surface area contributed by atoms with E-state index in [1.807, 2.05) is 16.0 Å². The van der Waals surface area contributed by atoms with Crippen molar-refractivity contribution in [3.8, 4) is 0 Å². The van der Waals surface area contributed by atoms with Crippen LogP contribution in [-0.2, 0) is 10.0 Å². The topological polar surface area (TPSA) is 63.5 Å². The average molecular weight is 374 g/mol. The number of hydrogen-bond donors (Lipinski definition) is 1. The molecule has 0 spiro atoms. The van der Waals surface area contributed by atoms with E-state index in [4.69, 9.17) is 11.6 Å². The summed E-state index contributed by atoms with van der Waals surface area (Å²) in [5.74, 6) is -0.545. The predicted octanol–water partition coefficient (Wildman–Crippen LogP) is 3.54. The molecule has 0 aliphatic rings. The van der Waals surface area contributed by atoms with Crippen molar-refractivity contribution in [2.45, 2.75) is 24.8 Å². The van der Waals surface area contributed by atoms with E-state index in [2.05, 4.69) is 9.71 Å². The quantitative estimate of drug-likeness (QED) is 0.760. The van der Waals surface area contributed by atoms with E-state index in [0.717, 1.165) is 11.0 Å². The molecular formula is C14H13ClFN3O2S2. The number of aromatic nitrogens is 2. The molecule has 5 nitrogen and oxygen atoms in total. The molecule has 0 bridgehead atoms. The Balaban J connectivity index is 1.91. The first-order valence-electron chi connectivity index (χ1n) is 6.68. The molecule has 0 radical (unpaired) electrons. The van der Waals surface area contributed by atoms with Crippen LogP contribution in [0.25, 0.3) is 4.96 Å². The minimum absolute atomic E-state index is 0.147. The molecule has 3 rings (SSSR count). The largest absolute Gasteiger partial charge is 0.297 e. The highest BCUT2D eigenvalue weighted by molar-refractivity contribution is 7.89. The third-order valence-electron chi connectivity index (χ3n) is 3.39. The molecule has 0 saturated carbocycles. The number of sulfonamides is 1. The van der Waals surface area contributed by atoms with Crippen molar-refractivity contribution in [1.82, 2.24) is 14.1 Å². The Kier molecular flexibility index (Phi) is 4.18. The molecule has 9 heteroatoms. The number of benzene rings is 1. The van der Waals surface area contributed by atoms with Crippen LogP contribution >= 0.6 is 22.9 Å². The van der Waals surface area contributed by atoms with Crippen molar-refractivity contribution >= 4 is 37.9 Å². The lowest BCUT2D eigenvalue weighted by Crippen LogP contribution is -2.27. The summed E-state index contributed by atoms with van der Waals surface area (Å²) in [6, 6.07) is 1.68. The number of halogens is 2. The summed E-state index contributed by atoms with van der Waals surface area (Å²) in [5.41, 5.74) is 0.806. The molecule has 1 atom stereocenters. The Labute approximate surface area is 141 Å².